The van der Waals surface area contributed by atoms with Crippen molar-refractivity contribution in [2.75, 3.05) is 6.61 Å². The van der Waals surface area contributed by atoms with E-state index in [1.165, 1.54) is 0 Å². The molecular formula is C7H13N3O8. The average Bonchev–Trinajstić information content (AvgIpc) is 2.32. The van der Waals surface area contributed by atoms with E-state index in [9.17, 15) is 30.1 Å². The molecule has 0 spiro atoms. The van der Waals surface area contributed by atoms with E-state index in [0.29, 0.717) is 0 Å². The van der Waals surface area contributed by atoms with Gasteiger partial charge in [0.1, 0.15) is 18.3 Å². The molecule has 0 aromatic rings. The van der Waals surface area contributed by atoms with Gasteiger partial charge in [0.25, 0.3) is 0 Å². The number of nitroso groups, excluding NO2 is 1. The predicted molar refractivity (Wildman–Crippen MR) is 52.1 cm³/mol. The van der Waals surface area contributed by atoms with E-state index >= 15 is 0 Å². The topological polar surface area (TPSA) is 186 Å². The van der Waals surface area contributed by atoms with Gasteiger partial charge in [0.2, 0.25) is 0 Å². The summed E-state index contributed by atoms with van der Waals surface area (Å²) in [4.78, 5) is 21.3. The van der Waals surface area contributed by atoms with E-state index in [2.05, 4.69) is 10.0 Å². The van der Waals surface area contributed by atoms with Crippen molar-refractivity contribution in [1.29, 1.82) is 0 Å². The summed E-state index contributed by atoms with van der Waals surface area (Å²) in [6, 6.07) is -1.56. The van der Waals surface area contributed by atoms with Crippen LogP contribution in [-0.2, 0) is 4.74 Å². The maximum absolute atomic E-state index is 10.9. The zero-order valence-electron chi connectivity index (χ0n) is 8.95. The lowest BCUT2D eigenvalue weighted by Gasteiger charge is -2.46. The molecule has 0 unspecified atom stereocenters. The van der Waals surface area contributed by atoms with Crippen LogP contribution in [0.2, 0.25) is 0 Å². The third-order valence-electron chi connectivity index (χ3n) is 2.54. The number of hydrogen-bond donors (Lipinski definition) is 6. The molecule has 1 aliphatic rings. The van der Waals surface area contributed by atoms with Crippen LogP contribution in [0, 0.1) is 4.91 Å². The van der Waals surface area contributed by atoms with Crippen LogP contribution in [0.1, 0.15) is 0 Å². The van der Waals surface area contributed by atoms with E-state index in [-0.39, 0.29) is 5.01 Å². The van der Waals surface area contributed by atoms with E-state index in [1.54, 1.807) is 0 Å². The lowest BCUT2D eigenvalue weighted by atomic mass is 9.96. The van der Waals surface area contributed by atoms with E-state index in [0.717, 1.165) is 0 Å². The van der Waals surface area contributed by atoms with Crippen LogP contribution in [0.3, 0.4) is 0 Å². The molecule has 1 aliphatic heterocycles. The van der Waals surface area contributed by atoms with Gasteiger partial charge in [0.15, 0.2) is 6.10 Å². The number of aliphatic hydroxyl groups is 5. The number of nitrogens with two attached hydrogens (primary N) is 1. The Labute approximate surface area is 99.9 Å². The van der Waals surface area contributed by atoms with Gasteiger partial charge in [0, 0.05) is 0 Å². The molecule has 0 aliphatic carbocycles. The second kappa shape index (κ2) is 5.09. The Morgan fingerprint density at radius 1 is 1.39 bits per heavy atom. The fraction of sp³-hybridized carbons (Fsp3) is 0.857. The molecule has 1 saturated heterocycles. The number of urea groups is 1. The van der Waals surface area contributed by atoms with E-state index in [4.69, 9.17) is 10.8 Å². The molecular weight excluding hydrogens is 254 g/mol. The summed E-state index contributed by atoms with van der Waals surface area (Å²) in [5.74, 6) is -3.08. The minimum atomic E-state index is -3.08. The number of amides is 2. The summed E-state index contributed by atoms with van der Waals surface area (Å²) in [6.45, 7) is -0.862. The first-order chi connectivity index (χ1) is 8.29. The number of rotatable bonds is 3. The minimum absolute atomic E-state index is 0.352. The number of aliphatic hydroxyl groups excluding tert-OH is 4. The average molecular weight is 267 g/mol. The van der Waals surface area contributed by atoms with E-state index in [1.807, 2.05) is 0 Å². The lowest BCUT2D eigenvalue weighted by molar-refractivity contribution is -0.392. The quantitative estimate of drug-likeness (QED) is 0.170. The Morgan fingerprint density at radius 2 is 1.94 bits per heavy atom. The highest BCUT2D eigenvalue weighted by molar-refractivity contribution is 5.72. The summed E-state index contributed by atoms with van der Waals surface area (Å²) in [6.07, 6.45) is -7.58. The van der Waals surface area contributed by atoms with Gasteiger partial charge in [0.05, 0.1) is 11.9 Å². The smallest absolute Gasteiger partial charge is 0.342 e. The minimum Gasteiger partial charge on any atom is -0.394 e. The van der Waals surface area contributed by atoms with Gasteiger partial charge >= 0.3 is 11.9 Å². The maximum atomic E-state index is 10.9. The van der Waals surface area contributed by atoms with Gasteiger partial charge in [-0.3, -0.25) is 0 Å². The molecule has 0 aromatic carbocycles. The van der Waals surface area contributed by atoms with Gasteiger partial charge < -0.3 is 36.0 Å². The Kier molecular flexibility index (Phi) is 4.16. The molecule has 7 N–H and O–H groups in total. The van der Waals surface area contributed by atoms with Crippen molar-refractivity contribution in [3.05, 3.63) is 4.91 Å². The summed E-state index contributed by atoms with van der Waals surface area (Å²) in [5.41, 5.74) is 4.73. The first kappa shape index (κ1) is 14.7. The Bertz CT molecular complexity index is 339. The van der Waals surface area contributed by atoms with Gasteiger partial charge in [-0.15, -0.1) is 9.92 Å². The first-order valence-corrected chi connectivity index (χ1v) is 4.77. The summed E-state index contributed by atoms with van der Waals surface area (Å²) in [5, 5.41) is 48.7. The van der Waals surface area contributed by atoms with E-state index < -0.39 is 43.0 Å². The zero-order valence-corrected chi connectivity index (χ0v) is 8.95. The van der Waals surface area contributed by atoms with Crippen LogP contribution in [-0.4, -0.2) is 73.5 Å². The summed E-state index contributed by atoms with van der Waals surface area (Å²) >= 11 is 0. The second-order valence-corrected chi connectivity index (χ2v) is 3.66. The molecule has 1 rings (SSSR count). The Morgan fingerprint density at radius 3 is 2.33 bits per heavy atom. The SMILES string of the molecule is NC(=O)N(N=O)[C@@]1(O)O[C@H](CO)[C@@H](O)[C@H](O)[C@H]1O. The molecule has 5 atom stereocenters. The molecule has 0 bridgehead atoms. The van der Waals surface area contributed by atoms with Crippen LogP contribution in [0.15, 0.2) is 5.29 Å². The largest absolute Gasteiger partial charge is 0.394 e. The molecule has 1 heterocycles. The number of primary amides is 1. The highest BCUT2D eigenvalue weighted by Crippen LogP contribution is 2.31. The standard InChI is InChI=1S/C7H13N3O8/c8-6(15)10(9-17)7(16)5(14)4(13)3(12)2(1-11)18-7/h2-5,11-14,16H,1H2,(H2,8,15)/t2-,3-,4+,5-,7+/m1/s1. The number of ether oxygens (including phenoxy) is 1. The van der Waals surface area contributed by atoms with Crippen molar-refractivity contribution in [3.8, 4) is 0 Å². The number of nitrogens with zero attached hydrogens (tertiary/aromatic N) is 2. The normalized spacial score (nSPS) is 40.3. The van der Waals surface area contributed by atoms with Gasteiger partial charge in [-0.25, -0.2) is 4.79 Å². The summed E-state index contributed by atoms with van der Waals surface area (Å²) in [7, 11) is 0. The highest BCUT2D eigenvalue weighted by Gasteiger charge is 2.58. The molecule has 104 valence electrons. The molecule has 0 saturated carbocycles. The lowest BCUT2D eigenvalue weighted by Crippen LogP contribution is -2.71. The highest BCUT2D eigenvalue weighted by atomic mass is 16.7. The Balaban J connectivity index is 3.12. The fourth-order valence-electron chi connectivity index (χ4n) is 1.57. The molecule has 1 fully saturated rings. The predicted octanol–water partition coefficient (Wildman–Crippen LogP) is -3.83. The van der Waals surface area contributed by atoms with Crippen molar-refractivity contribution in [1.82, 2.24) is 5.01 Å². The van der Waals surface area contributed by atoms with Gasteiger partial charge in [-0.1, -0.05) is 0 Å². The monoisotopic (exact) mass is 267 g/mol. The summed E-state index contributed by atoms with van der Waals surface area (Å²) < 4.78 is 4.61. The van der Waals surface area contributed by atoms with Crippen LogP contribution in [0.4, 0.5) is 4.79 Å². The van der Waals surface area contributed by atoms with Crippen molar-refractivity contribution >= 4 is 6.03 Å². The van der Waals surface area contributed by atoms with Crippen molar-refractivity contribution < 1.29 is 35.1 Å². The van der Waals surface area contributed by atoms with Crippen LogP contribution < -0.4 is 5.73 Å². The van der Waals surface area contributed by atoms with Crippen molar-refractivity contribution in [3.63, 3.8) is 0 Å². The van der Waals surface area contributed by atoms with Crippen LogP contribution in [0.25, 0.3) is 0 Å². The number of hydrogen-bond acceptors (Lipinski definition) is 9. The molecule has 11 heteroatoms. The third-order valence-corrected chi connectivity index (χ3v) is 2.54. The van der Waals surface area contributed by atoms with Gasteiger partial charge in [-0.2, -0.15) is 0 Å². The van der Waals surface area contributed by atoms with Crippen LogP contribution in [0.5, 0.6) is 0 Å². The van der Waals surface area contributed by atoms with Crippen LogP contribution >= 0.6 is 0 Å². The Hall–Kier alpha value is -1.37. The van der Waals surface area contributed by atoms with Gasteiger partial charge in [-0.05, 0) is 0 Å². The zero-order chi connectivity index (χ0) is 14.1. The first-order valence-electron chi connectivity index (χ1n) is 4.77. The third kappa shape index (κ3) is 2.14. The fourth-order valence-corrected chi connectivity index (χ4v) is 1.57. The number of carbonyl (C=O) groups is 1. The van der Waals surface area contributed by atoms with Crippen molar-refractivity contribution in [2.45, 2.75) is 30.3 Å². The molecule has 0 aromatic heterocycles. The van der Waals surface area contributed by atoms with Crippen molar-refractivity contribution in [2.24, 2.45) is 11.0 Å². The molecule has 18 heavy (non-hydrogen) atoms. The molecule has 11 nitrogen and oxygen atoms in total. The molecule has 0 radical (unpaired) electrons. The number of carbonyl (C=O) groups excluding carboxylic acids is 1. The molecule has 2 amide bonds. The maximum Gasteiger partial charge on any atom is 0.342 e. The second-order valence-electron chi connectivity index (χ2n) is 3.66.